The van der Waals surface area contributed by atoms with Gasteiger partial charge in [-0.25, -0.2) is 9.97 Å². The van der Waals surface area contributed by atoms with Gasteiger partial charge in [0.25, 0.3) is 5.91 Å². The molecule has 0 saturated carbocycles. The number of aliphatic hydroxyl groups excluding tert-OH is 1. The topological polar surface area (TPSA) is 129 Å². The molecule has 2 aromatic heterocycles. The molecule has 0 aliphatic heterocycles. The number of alkyl halides is 3. The van der Waals surface area contributed by atoms with E-state index in [1.807, 2.05) is 19.9 Å². The second kappa shape index (κ2) is 12.8. The van der Waals surface area contributed by atoms with Crippen molar-refractivity contribution in [3.05, 3.63) is 82.8 Å². The smallest absolute Gasteiger partial charge is 0.396 e. The summed E-state index contributed by atoms with van der Waals surface area (Å²) in [7, 11) is 1.75. The summed E-state index contributed by atoms with van der Waals surface area (Å²) in [5.41, 5.74) is 1.93. The zero-order valence-corrected chi connectivity index (χ0v) is 22.8. The van der Waals surface area contributed by atoms with Crippen LogP contribution >= 0.6 is 0 Å². The lowest BCUT2D eigenvalue weighted by atomic mass is 10.0. The van der Waals surface area contributed by atoms with Gasteiger partial charge in [-0.3, -0.25) is 4.79 Å². The highest BCUT2D eigenvalue weighted by atomic mass is 19.4. The maximum atomic E-state index is 13.6. The van der Waals surface area contributed by atoms with E-state index in [1.165, 1.54) is 12.4 Å². The molecule has 13 heteroatoms. The number of benzene rings is 2. The fourth-order valence-electron chi connectivity index (χ4n) is 4.06. The molecular weight excluding hydrogens is 537 g/mol. The molecule has 1 amide bonds. The van der Waals surface area contributed by atoms with Gasteiger partial charge in [0.05, 0.1) is 11.3 Å². The van der Waals surface area contributed by atoms with Gasteiger partial charge in [-0.05, 0) is 68.3 Å². The molecule has 2 heterocycles. The van der Waals surface area contributed by atoms with E-state index in [9.17, 15) is 18.0 Å². The summed E-state index contributed by atoms with van der Waals surface area (Å²) < 4.78 is 42.3. The Bertz CT molecular complexity index is 1520. The summed E-state index contributed by atoms with van der Waals surface area (Å²) >= 11 is 0. The summed E-state index contributed by atoms with van der Waals surface area (Å²) in [6.07, 6.45) is -2.73. The van der Waals surface area contributed by atoms with Crippen molar-refractivity contribution in [3.8, 4) is 5.82 Å². The number of hydrogen-bond acceptors (Lipinski definition) is 8. The summed E-state index contributed by atoms with van der Waals surface area (Å²) in [6.45, 7) is 4.25. The Morgan fingerprint density at radius 2 is 1.85 bits per heavy atom. The first-order chi connectivity index (χ1) is 19.6. The number of nitrogens with zero attached hydrogens (tertiary/aromatic N) is 4. The quantitative estimate of drug-likeness (QED) is 0.163. The first-order valence-corrected chi connectivity index (χ1v) is 12.9. The normalized spacial score (nSPS) is 11.4. The van der Waals surface area contributed by atoms with Crippen LogP contribution in [0.4, 0.5) is 36.2 Å². The van der Waals surface area contributed by atoms with Crippen molar-refractivity contribution in [2.45, 2.75) is 33.0 Å². The highest BCUT2D eigenvalue weighted by Gasteiger charge is 2.31. The number of aliphatic hydroxyl groups is 1. The van der Waals surface area contributed by atoms with Gasteiger partial charge in [0.1, 0.15) is 18.0 Å². The minimum absolute atomic E-state index is 0.0313. The molecule has 10 nitrogen and oxygen atoms in total. The Kier molecular flexibility index (Phi) is 9.20. The van der Waals surface area contributed by atoms with E-state index in [1.54, 1.807) is 36.0 Å². The lowest BCUT2D eigenvalue weighted by molar-refractivity contribution is -0.137. The van der Waals surface area contributed by atoms with Crippen LogP contribution in [0, 0.1) is 13.8 Å². The molecule has 0 bridgehead atoms. The second-order valence-corrected chi connectivity index (χ2v) is 9.37. The van der Waals surface area contributed by atoms with E-state index < -0.39 is 17.6 Å². The lowest BCUT2D eigenvalue weighted by Crippen LogP contribution is -2.19. The van der Waals surface area contributed by atoms with E-state index in [4.69, 9.17) is 5.11 Å². The van der Waals surface area contributed by atoms with Crippen molar-refractivity contribution in [1.29, 1.82) is 0 Å². The van der Waals surface area contributed by atoms with Gasteiger partial charge in [-0.1, -0.05) is 6.07 Å². The SMILES string of the molecule is CNc1cc(-n2nc(C)cc2Nc2cc(NC(=O)c3cc(CNCCCO)cc(C(F)(F)F)c3)ccc2C)ncn1. The van der Waals surface area contributed by atoms with Crippen LogP contribution in [0.15, 0.2) is 54.9 Å². The largest absolute Gasteiger partial charge is 0.416 e. The summed E-state index contributed by atoms with van der Waals surface area (Å²) in [5, 5.41) is 25.4. The Hall–Kier alpha value is -4.49. The van der Waals surface area contributed by atoms with Crippen LogP contribution in [-0.4, -0.2) is 51.0 Å². The lowest BCUT2D eigenvalue weighted by Gasteiger charge is -2.15. The highest BCUT2D eigenvalue weighted by molar-refractivity contribution is 6.04. The van der Waals surface area contributed by atoms with Gasteiger partial charge >= 0.3 is 6.18 Å². The number of hydrogen-bond donors (Lipinski definition) is 5. The summed E-state index contributed by atoms with van der Waals surface area (Å²) in [6, 6.07) is 12.0. The molecule has 0 unspecified atom stereocenters. The first-order valence-electron chi connectivity index (χ1n) is 12.9. The van der Waals surface area contributed by atoms with Gasteiger partial charge in [0, 0.05) is 49.3 Å². The molecule has 0 saturated heterocycles. The minimum Gasteiger partial charge on any atom is -0.396 e. The van der Waals surface area contributed by atoms with Crippen LogP contribution in [0.1, 0.15) is 39.2 Å². The molecule has 4 rings (SSSR count). The van der Waals surface area contributed by atoms with Gasteiger partial charge in [-0.2, -0.15) is 23.0 Å². The fourth-order valence-corrected chi connectivity index (χ4v) is 4.06. The number of carbonyl (C=O) groups is 1. The van der Waals surface area contributed by atoms with E-state index in [-0.39, 0.29) is 18.7 Å². The Balaban J connectivity index is 1.57. The van der Waals surface area contributed by atoms with Crippen LogP contribution in [0.2, 0.25) is 0 Å². The molecule has 2 aromatic carbocycles. The molecule has 0 aliphatic rings. The summed E-state index contributed by atoms with van der Waals surface area (Å²) in [4.78, 5) is 21.5. The number of nitrogens with one attached hydrogen (secondary N) is 4. The number of anilines is 4. The minimum atomic E-state index is -4.62. The van der Waals surface area contributed by atoms with E-state index in [2.05, 4.69) is 36.3 Å². The average Bonchev–Trinajstić information content (AvgIpc) is 3.32. The maximum absolute atomic E-state index is 13.6. The number of amides is 1. The number of aromatic nitrogens is 4. The van der Waals surface area contributed by atoms with Crippen LogP contribution in [-0.2, 0) is 12.7 Å². The maximum Gasteiger partial charge on any atom is 0.416 e. The summed E-state index contributed by atoms with van der Waals surface area (Å²) in [5.74, 6) is 1.09. The zero-order valence-electron chi connectivity index (χ0n) is 22.8. The van der Waals surface area contributed by atoms with Crippen molar-refractivity contribution in [2.75, 3.05) is 36.1 Å². The van der Waals surface area contributed by atoms with Gasteiger partial charge in [0.2, 0.25) is 0 Å². The molecule has 0 fully saturated rings. The zero-order chi connectivity index (χ0) is 29.6. The molecule has 0 radical (unpaired) electrons. The number of rotatable bonds is 11. The van der Waals surface area contributed by atoms with E-state index >= 15 is 0 Å². The Labute approximate surface area is 235 Å². The van der Waals surface area contributed by atoms with Crippen LogP contribution in [0.3, 0.4) is 0 Å². The number of halogens is 3. The molecular formula is C28H31F3N8O2. The molecule has 5 N–H and O–H groups in total. The van der Waals surface area contributed by atoms with Crippen LogP contribution < -0.4 is 21.3 Å². The third-order valence-corrected chi connectivity index (χ3v) is 6.14. The third-order valence-electron chi connectivity index (χ3n) is 6.14. The van der Waals surface area contributed by atoms with Crippen molar-refractivity contribution in [1.82, 2.24) is 25.1 Å². The third kappa shape index (κ3) is 7.58. The van der Waals surface area contributed by atoms with Crippen LogP contribution in [0.5, 0.6) is 0 Å². The molecule has 0 spiro atoms. The van der Waals surface area contributed by atoms with Gasteiger partial charge < -0.3 is 26.4 Å². The molecule has 0 aliphatic carbocycles. The van der Waals surface area contributed by atoms with Crippen molar-refractivity contribution >= 4 is 28.9 Å². The number of aryl methyl sites for hydroxylation is 2. The predicted molar refractivity (Wildman–Crippen MR) is 151 cm³/mol. The predicted octanol–water partition coefficient (Wildman–Crippen LogP) is 4.81. The Morgan fingerprint density at radius 1 is 1.05 bits per heavy atom. The van der Waals surface area contributed by atoms with Gasteiger partial charge in [0.15, 0.2) is 5.82 Å². The van der Waals surface area contributed by atoms with E-state index in [0.29, 0.717) is 47.4 Å². The van der Waals surface area contributed by atoms with Crippen LogP contribution in [0.25, 0.3) is 5.82 Å². The van der Waals surface area contributed by atoms with Crippen molar-refractivity contribution < 1.29 is 23.1 Å². The van der Waals surface area contributed by atoms with Crippen molar-refractivity contribution in [2.24, 2.45) is 0 Å². The molecule has 216 valence electrons. The van der Waals surface area contributed by atoms with Crippen molar-refractivity contribution in [3.63, 3.8) is 0 Å². The molecule has 41 heavy (non-hydrogen) atoms. The monoisotopic (exact) mass is 568 g/mol. The van der Waals surface area contributed by atoms with E-state index in [0.717, 1.165) is 23.4 Å². The molecule has 4 aromatic rings. The number of carbonyl (C=O) groups excluding carboxylic acids is 1. The fraction of sp³-hybridized carbons (Fsp3) is 0.286. The average molecular weight is 569 g/mol. The Morgan fingerprint density at radius 3 is 2.59 bits per heavy atom. The standard InChI is InChI=1S/C28H31F3N8O2/c1-17-5-6-22(13-23(17)37-26-9-18(2)38-39(26)25-14-24(32-3)34-16-35-25)36-27(41)20-10-19(15-33-7-4-8-40)11-21(12-20)28(29,30)31/h5-6,9-14,16,33,37,40H,4,7-8,15H2,1-3H3,(H,36,41)(H,32,34,35). The molecule has 0 atom stereocenters. The highest BCUT2D eigenvalue weighted by Crippen LogP contribution is 2.31. The first kappa shape index (κ1) is 29.5. The second-order valence-electron chi connectivity index (χ2n) is 9.37. The van der Waals surface area contributed by atoms with Gasteiger partial charge in [-0.15, -0.1) is 0 Å².